The lowest BCUT2D eigenvalue weighted by Gasteiger charge is -2.29. The Balaban J connectivity index is 1.26. The van der Waals surface area contributed by atoms with Crippen LogP contribution in [0.5, 0.6) is 0 Å². The predicted octanol–water partition coefficient (Wildman–Crippen LogP) is 2.25. The van der Waals surface area contributed by atoms with Crippen molar-refractivity contribution in [2.45, 2.75) is 90.3 Å². The molecule has 2 aliphatic heterocycles. The summed E-state index contributed by atoms with van der Waals surface area (Å²) in [6.45, 7) is 7.43. The molecule has 1 saturated heterocycles. The smallest absolute Gasteiger partial charge is 0.255 e. The summed E-state index contributed by atoms with van der Waals surface area (Å²) in [6, 6.07) is 4.61. The summed E-state index contributed by atoms with van der Waals surface area (Å²) in [4.78, 5) is 62.2. The van der Waals surface area contributed by atoms with E-state index >= 15 is 0 Å². The number of fused-ring (bicyclic) bond motifs is 1. The fraction of sp³-hybridized carbons (Fsp3) is 0.621. The van der Waals surface area contributed by atoms with Crippen LogP contribution in [0.3, 0.4) is 0 Å². The maximum absolute atomic E-state index is 12.9. The van der Waals surface area contributed by atoms with Gasteiger partial charge in [-0.05, 0) is 52.2 Å². The molecule has 11 heteroatoms. The molecule has 0 radical (unpaired) electrons. The summed E-state index contributed by atoms with van der Waals surface area (Å²) in [7, 11) is 0. The van der Waals surface area contributed by atoms with Gasteiger partial charge in [0.2, 0.25) is 23.6 Å². The van der Waals surface area contributed by atoms with E-state index in [0.29, 0.717) is 30.8 Å². The highest BCUT2D eigenvalue weighted by atomic mass is 16.5. The Hall–Kier alpha value is -3.47. The van der Waals surface area contributed by atoms with Crippen LogP contribution in [0.15, 0.2) is 18.2 Å². The third kappa shape index (κ3) is 9.62. The molecule has 1 aromatic carbocycles. The molecule has 1 unspecified atom stereocenters. The van der Waals surface area contributed by atoms with Crippen LogP contribution in [-0.4, -0.2) is 72.3 Å². The van der Waals surface area contributed by atoms with Gasteiger partial charge in [0.05, 0.1) is 12.1 Å². The van der Waals surface area contributed by atoms with E-state index in [1.54, 1.807) is 12.1 Å². The Morgan fingerprint density at radius 3 is 2.27 bits per heavy atom. The zero-order valence-electron chi connectivity index (χ0n) is 23.9. The number of hydrogen-bond acceptors (Lipinski definition) is 7. The van der Waals surface area contributed by atoms with Gasteiger partial charge in [0.25, 0.3) is 5.91 Å². The first-order valence-electron chi connectivity index (χ1n) is 14.2. The molecule has 1 aromatic rings. The number of imide groups is 1. The van der Waals surface area contributed by atoms with E-state index in [1.165, 1.54) is 4.90 Å². The standard InChI is InChI=1S/C29H43N5O6/c1-29(2,3)40-19-26(37)31-16-9-7-5-4-6-8-15-30-25(36)17-32-22-12-10-11-20-21(22)18-34(28(20)39)23-13-14-24(35)33-27(23)38/h10-12,23,32H,4-9,13-19H2,1-3H3,(H,30,36)(H,31,37)(H,33,35,38). The monoisotopic (exact) mass is 557 g/mol. The van der Waals surface area contributed by atoms with Crippen molar-refractivity contribution < 1.29 is 28.7 Å². The molecule has 0 aliphatic carbocycles. The van der Waals surface area contributed by atoms with Crippen molar-refractivity contribution >= 4 is 35.2 Å². The molecule has 1 fully saturated rings. The van der Waals surface area contributed by atoms with Crippen molar-refractivity contribution in [1.82, 2.24) is 20.9 Å². The highest BCUT2D eigenvalue weighted by Gasteiger charge is 2.39. The molecule has 40 heavy (non-hydrogen) atoms. The lowest BCUT2D eigenvalue weighted by atomic mass is 10.0. The number of ether oxygens (including phenoxy) is 1. The van der Waals surface area contributed by atoms with E-state index in [2.05, 4.69) is 21.3 Å². The molecule has 5 amide bonds. The number of benzene rings is 1. The fourth-order valence-electron chi connectivity index (χ4n) is 4.74. The number of nitrogens with zero attached hydrogens (tertiary/aromatic N) is 1. The average Bonchev–Trinajstić information content (AvgIpc) is 3.23. The van der Waals surface area contributed by atoms with Crippen LogP contribution < -0.4 is 21.3 Å². The van der Waals surface area contributed by atoms with E-state index in [-0.39, 0.29) is 55.3 Å². The van der Waals surface area contributed by atoms with Crippen molar-refractivity contribution in [3.05, 3.63) is 29.3 Å². The second kappa shape index (κ2) is 14.8. The van der Waals surface area contributed by atoms with Gasteiger partial charge in [-0.25, -0.2) is 0 Å². The second-order valence-corrected chi connectivity index (χ2v) is 11.3. The quantitative estimate of drug-likeness (QED) is 0.191. The zero-order chi connectivity index (χ0) is 29.1. The Morgan fingerprint density at radius 1 is 0.975 bits per heavy atom. The summed E-state index contributed by atoms with van der Waals surface area (Å²) in [5, 5.41) is 11.2. The highest BCUT2D eigenvalue weighted by molar-refractivity contribution is 6.06. The van der Waals surface area contributed by atoms with E-state index in [0.717, 1.165) is 44.1 Å². The number of hydrogen-bond donors (Lipinski definition) is 4. The number of unbranched alkanes of at least 4 members (excludes halogenated alkanes) is 5. The van der Waals surface area contributed by atoms with Crippen LogP contribution >= 0.6 is 0 Å². The Kier molecular flexibility index (Phi) is 11.5. The summed E-state index contributed by atoms with van der Waals surface area (Å²) >= 11 is 0. The fourth-order valence-corrected chi connectivity index (χ4v) is 4.74. The van der Waals surface area contributed by atoms with E-state index in [9.17, 15) is 24.0 Å². The molecule has 3 rings (SSSR count). The van der Waals surface area contributed by atoms with Gasteiger partial charge in [-0.15, -0.1) is 0 Å². The van der Waals surface area contributed by atoms with Crippen molar-refractivity contribution in [3.63, 3.8) is 0 Å². The first-order chi connectivity index (χ1) is 19.0. The normalized spacial score (nSPS) is 16.9. The first kappa shape index (κ1) is 31.1. The van der Waals surface area contributed by atoms with Crippen molar-refractivity contribution in [2.24, 2.45) is 0 Å². The Morgan fingerprint density at radius 2 is 1.62 bits per heavy atom. The molecule has 220 valence electrons. The summed E-state index contributed by atoms with van der Waals surface area (Å²) in [5.41, 5.74) is 1.63. The van der Waals surface area contributed by atoms with Crippen LogP contribution in [-0.2, 0) is 30.5 Å². The van der Waals surface area contributed by atoms with Gasteiger partial charge in [-0.3, -0.25) is 29.3 Å². The molecule has 0 saturated carbocycles. The van der Waals surface area contributed by atoms with Gasteiger partial charge in [-0.1, -0.05) is 31.7 Å². The maximum Gasteiger partial charge on any atom is 0.255 e. The number of piperidine rings is 1. The predicted molar refractivity (Wildman–Crippen MR) is 150 cm³/mol. The minimum atomic E-state index is -0.673. The molecule has 0 bridgehead atoms. The number of carbonyl (C=O) groups is 5. The SMILES string of the molecule is CC(C)(C)OCC(=O)NCCCCCCCCNC(=O)CNc1cccc2c1CN(C1CCC(=O)NC1=O)C2=O. The van der Waals surface area contributed by atoms with Crippen LogP contribution in [0.2, 0.25) is 0 Å². The number of anilines is 1. The molecular formula is C29H43N5O6. The third-order valence-corrected chi connectivity index (χ3v) is 6.91. The molecule has 1 atom stereocenters. The van der Waals surface area contributed by atoms with Crippen molar-refractivity contribution in [3.8, 4) is 0 Å². The molecule has 0 spiro atoms. The van der Waals surface area contributed by atoms with E-state index in [1.807, 2.05) is 26.8 Å². The summed E-state index contributed by atoms with van der Waals surface area (Å²) in [5.74, 6) is -1.22. The number of carbonyl (C=O) groups excluding carboxylic acids is 5. The van der Waals surface area contributed by atoms with Gasteiger partial charge in [0.15, 0.2) is 0 Å². The van der Waals surface area contributed by atoms with E-state index < -0.39 is 11.9 Å². The Labute approximate surface area is 236 Å². The average molecular weight is 558 g/mol. The van der Waals surface area contributed by atoms with Crippen molar-refractivity contribution in [2.75, 3.05) is 31.6 Å². The Bertz CT molecular complexity index is 1080. The van der Waals surface area contributed by atoms with Crippen LogP contribution in [0, 0.1) is 0 Å². The highest BCUT2D eigenvalue weighted by Crippen LogP contribution is 2.32. The molecule has 2 aliphatic rings. The molecule has 0 aromatic heterocycles. The van der Waals surface area contributed by atoms with Crippen LogP contribution in [0.4, 0.5) is 5.69 Å². The van der Waals surface area contributed by atoms with Gasteiger partial charge in [0, 0.05) is 42.9 Å². The molecule has 4 N–H and O–H groups in total. The summed E-state index contributed by atoms with van der Waals surface area (Å²) in [6.07, 6.45) is 6.55. The minimum Gasteiger partial charge on any atom is -0.376 e. The number of rotatable bonds is 15. The lowest BCUT2D eigenvalue weighted by Crippen LogP contribution is -2.52. The topological polar surface area (TPSA) is 146 Å². The lowest BCUT2D eigenvalue weighted by molar-refractivity contribution is -0.137. The van der Waals surface area contributed by atoms with Crippen LogP contribution in [0.1, 0.15) is 88.1 Å². The van der Waals surface area contributed by atoms with Crippen LogP contribution in [0.25, 0.3) is 0 Å². The molecule has 2 heterocycles. The molecule has 11 nitrogen and oxygen atoms in total. The molecular weight excluding hydrogens is 514 g/mol. The second-order valence-electron chi connectivity index (χ2n) is 11.3. The number of amides is 5. The van der Waals surface area contributed by atoms with E-state index in [4.69, 9.17) is 4.74 Å². The van der Waals surface area contributed by atoms with Crippen molar-refractivity contribution in [1.29, 1.82) is 0 Å². The van der Waals surface area contributed by atoms with Gasteiger partial charge in [0.1, 0.15) is 12.6 Å². The van der Waals surface area contributed by atoms with Gasteiger partial charge < -0.3 is 25.6 Å². The zero-order valence-corrected chi connectivity index (χ0v) is 23.9. The minimum absolute atomic E-state index is 0.0789. The van der Waals surface area contributed by atoms with Gasteiger partial charge in [-0.2, -0.15) is 0 Å². The third-order valence-electron chi connectivity index (χ3n) is 6.91. The first-order valence-corrected chi connectivity index (χ1v) is 14.2. The van der Waals surface area contributed by atoms with Gasteiger partial charge >= 0.3 is 0 Å². The number of nitrogens with one attached hydrogen (secondary N) is 4. The maximum atomic E-state index is 12.9. The summed E-state index contributed by atoms with van der Waals surface area (Å²) < 4.78 is 5.45. The largest absolute Gasteiger partial charge is 0.376 e.